The molecule has 1 aliphatic rings. The lowest BCUT2D eigenvalue weighted by atomic mass is 10.2. The minimum absolute atomic E-state index is 0.250. The number of rotatable bonds is 3. The molecule has 2 heterocycles. The van der Waals surface area contributed by atoms with E-state index >= 15 is 0 Å². The van der Waals surface area contributed by atoms with Gasteiger partial charge in [0.2, 0.25) is 0 Å². The number of carbonyl (C=O) groups is 1. The van der Waals surface area contributed by atoms with E-state index in [1.807, 2.05) is 37.3 Å². The molecule has 27 heavy (non-hydrogen) atoms. The van der Waals surface area contributed by atoms with E-state index in [0.29, 0.717) is 27.2 Å². The monoisotopic (exact) mass is 395 g/mol. The molecule has 2 aromatic carbocycles. The van der Waals surface area contributed by atoms with Crippen LogP contribution in [-0.4, -0.2) is 26.0 Å². The van der Waals surface area contributed by atoms with Gasteiger partial charge in [0, 0.05) is 5.02 Å². The van der Waals surface area contributed by atoms with Crippen LogP contribution in [0.5, 0.6) is 0 Å². The third-order valence-electron chi connectivity index (χ3n) is 4.07. The Hall–Kier alpha value is -3.03. The third-order valence-corrected chi connectivity index (χ3v) is 4.59. The van der Waals surface area contributed by atoms with E-state index in [4.69, 9.17) is 23.8 Å². The number of nitrogens with one attached hydrogen (secondary N) is 1. The Morgan fingerprint density at radius 3 is 2.70 bits per heavy atom. The standard InChI is InChI=1S/C19H14ClN5OS/c1-12-9-13(20)7-8-17(12)24-18(26)16(22-19(24)27)10-14-11-21-25(23-14)15-5-3-2-4-6-15/h2-11H,1H3,(H,22,27). The van der Waals surface area contributed by atoms with E-state index in [0.717, 1.165) is 11.3 Å². The van der Waals surface area contributed by atoms with Gasteiger partial charge in [0.1, 0.15) is 11.4 Å². The molecule has 1 N–H and O–H groups in total. The molecular formula is C19H14ClN5OS. The van der Waals surface area contributed by atoms with Crippen LogP contribution in [0, 0.1) is 6.92 Å². The molecule has 1 aromatic heterocycles. The highest BCUT2D eigenvalue weighted by Crippen LogP contribution is 2.27. The van der Waals surface area contributed by atoms with Gasteiger partial charge in [-0.2, -0.15) is 9.90 Å². The first-order chi connectivity index (χ1) is 13.0. The average molecular weight is 396 g/mol. The first-order valence-electron chi connectivity index (χ1n) is 8.14. The number of hydrogen-bond acceptors (Lipinski definition) is 4. The van der Waals surface area contributed by atoms with Gasteiger partial charge < -0.3 is 5.32 Å². The zero-order valence-electron chi connectivity index (χ0n) is 14.3. The maximum absolute atomic E-state index is 12.9. The quantitative estimate of drug-likeness (QED) is 0.543. The van der Waals surface area contributed by atoms with Crippen molar-refractivity contribution >= 4 is 46.6 Å². The van der Waals surface area contributed by atoms with E-state index in [2.05, 4.69) is 15.5 Å². The topological polar surface area (TPSA) is 63.1 Å². The lowest BCUT2D eigenvalue weighted by Gasteiger charge is -2.16. The number of benzene rings is 2. The SMILES string of the molecule is Cc1cc(Cl)ccc1N1C(=O)C(=Cc2cnn(-c3ccccc3)n2)NC1=S. The van der Waals surface area contributed by atoms with Crippen molar-refractivity contribution in [1.29, 1.82) is 0 Å². The zero-order valence-corrected chi connectivity index (χ0v) is 15.8. The van der Waals surface area contributed by atoms with Gasteiger partial charge >= 0.3 is 0 Å². The second-order valence-corrected chi connectivity index (χ2v) is 6.78. The highest BCUT2D eigenvalue weighted by molar-refractivity contribution is 7.80. The predicted octanol–water partition coefficient (Wildman–Crippen LogP) is 3.49. The van der Waals surface area contributed by atoms with E-state index < -0.39 is 0 Å². The molecule has 4 rings (SSSR count). The smallest absolute Gasteiger partial charge is 0.281 e. The van der Waals surface area contributed by atoms with Crippen molar-refractivity contribution in [2.75, 3.05) is 4.90 Å². The molecule has 3 aromatic rings. The van der Waals surface area contributed by atoms with E-state index in [1.165, 1.54) is 9.70 Å². The zero-order chi connectivity index (χ0) is 19.0. The van der Waals surface area contributed by atoms with Crippen molar-refractivity contribution in [2.24, 2.45) is 0 Å². The Balaban J connectivity index is 1.63. The summed E-state index contributed by atoms with van der Waals surface area (Å²) in [5, 5.41) is 12.5. The van der Waals surface area contributed by atoms with E-state index in [1.54, 1.807) is 30.5 Å². The van der Waals surface area contributed by atoms with Crippen LogP contribution in [0.1, 0.15) is 11.3 Å². The Bertz CT molecular complexity index is 1080. The van der Waals surface area contributed by atoms with E-state index in [-0.39, 0.29) is 5.91 Å². The number of para-hydroxylation sites is 1. The number of halogens is 1. The van der Waals surface area contributed by atoms with Gasteiger partial charge in [-0.05, 0) is 61.1 Å². The maximum atomic E-state index is 12.9. The number of thiocarbonyl (C=S) groups is 1. The van der Waals surface area contributed by atoms with Crippen LogP contribution in [0.25, 0.3) is 11.8 Å². The van der Waals surface area contributed by atoms with Crippen LogP contribution in [0.15, 0.2) is 60.4 Å². The summed E-state index contributed by atoms with van der Waals surface area (Å²) >= 11 is 11.4. The molecule has 0 radical (unpaired) electrons. The van der Waals surface area contributed by atoms with Crippen LogP contribution in [-0.2, 0) is 4.79 Å². The van der Waals surface area contributed by atoms with Crippen molar-refractivity contribution in [2.45, 2.75) is 6.92 Å². The van der Waals surface area contributed by atoms with Gasteiger partial charge in [-0.1, -0.05) is 29.8 Å². The molecular weight excluding hydrogens is 382 g/mol. The summed E-state index contributed by atoms with van der Waals surface area (Å²) in [4.78, 5) is 15.8. The molecule has 0 atom stereocenters. The predicted molar refractivity (Wildman–Crippen MR) is 109 cm³/mol. The molecule has 134 valence electrons. The summed E-state index contributed by atoms with van der Waals surface area (Å²) in [5.41, 5.74) is 3.28. The minimum Gasteiger partial charge on any atom is -0.327 e. The van der Waals surface area contributed by atoms with Crippen molar-refractivity contribution < 1.29 is 4.79 Å². The van der Waals surface area contributed by atoms with Crippen LogP contribution < -0.4 is 10.2 Å². The number of anilines is 1. The summed E-state index contributed by atoms with van der Waals surface area (Å²) < 4.78 is 0. The number of nitrogens with zero attached hydrogens (tertiary/aromatic N) is 4. The summed E-state index contributed by atoms with van der Waals surface area (Å²) in [6.45, 7) is 1.88. The number of amides is 1. The molecule has 0 saturated carbocycles. The first kappa shape index (κ1) is 17.4. The molecule has 0 bridgehead atoms. The van der Waals surface area contributed by atoms with Gasteiger partial charge in [-0.3, -0.25) is 9.69 Å². The van der Waals surface area contributed by atoms with Crippen LogP contribution in [0.4, 0.5) is 5.69 Å². The summed E-state index contributed by atoms with van der Waals surface area (Å²) in [7, 11) is 0. The lowest BCUT2D eigenvalue weighted by molar-refractivity contribution is -0.113. The minimum atomic E-state index is -0.250. The fraction of sp³-hybridized carbons (Fsp3) is 0.0526. The Morgan fingerprint density at radius 1 is 1.19 bits per heavy atom. The largest absolute Gasteiger partial charge is 0.327 e. The summed E-state index contributed by atoms with van der Waals surface area (Å²) in [5.74, 6) is -0.250. The number of hydrogen-bond donors (Lipinski definition) is 1. The summed E-state index contributed by atoms with van der Waals surface area (Å²) in [6, 6.07) is 14.8. The molecule has 1 saturated heterocycles. The van der Waals surface area contributed by atoms with Crippen molar-refractivity contribution in [3.05, 3.63) is 76.7 Å². The van der Waals surface area contributed by atoms with Crippen molar-refractivity contribution in [3.63, 3.8) is 0 Å². The Labute approximate surface area is 166 Å². The van der Waals surface area contributed by atoms with E-state index in [9.17, 15) is 4.79 Å². The number of aryl methyl sites for hydroxylation is 1. The number of carbonyl (C=O) groups excluding carboxylic acids is 1. The van der Waals surface area contributed by atoms with Gasteiger partial charge in [0.25, 0.3) is 5.91 Å². The van der Waals surface area contributed by atoms with Gasteiger partial charge in [-0.25, -0.2) is 0 Å². The molecule has 1 amide bonds. The van der Waals surface area contributed by atoms with Gasteiger partial charge in [0.05, 0.1) is 17.6 Å². The first-order valence-corrected chi connectivity index (χ1v) is 8.92. The van der Waals surface area contributed by atoms with Crippen LogP contribution >= 0.6 is 23.8 Å². The second kappa shape index (κ2) is 6.94. The lowest BCUT2D eigenvalue weighted by Crippen LogP contribution is -2.30. The molecule has 1 aliphatic heterocycles. The molecule has 0 spiro atoms. The molecule has 1 fully saturated rings. The van der Waals surface area contributed by atoms with Gasteiger partial charge in [-0.15, -0.1) is 5.10 Å². The molecule has 6 nitrogen and oxygen atoms in total. The Kier molecular flexibility index (Phi) is 4.47. The highest BCUT2D eigenvalue weighted by Gasteiger charge is 2.33. The second-order valence-electron chi connectivity index (χ2n) is 5.95. The third kappa shape index (κ3) is 3.34. The normalized spacial score (nSPS) is 15.5. The van der Waals surface area contributed by atoms with Gasteiger partial charge in [0.15, 0.2) is 5.11 Å². The fourth-order valence-corrected chi connectivity index (χ4v) is 3.32. The number of aromatic nitrogens is 3. The molecule has 0 aliphatic carbocycles. The van der Waals surface area contributed by atoms with Crippen molar-refractivity contribution in [3.8, 4) is 5.69 Å². The van der Waals surface area contributed by atoms with Crippen LogP contribution in [0.3, 0.4) is 0 Å². The highest BCUT2D eigenvalue weighted by atomic mass is 35.5. The maximum Gasteiger partial charge on any atom is 0.281 e. The molecule has 8 heteroatoms. The molecule has 0 unspecified atom stereocenters. The Morgan fingerprint density at radius 2 is 1.96 bits per heavy atom. The average Bonchev–Trinajstić information content (AvgIpc) is 3.22. The summed E-state index contributed by atoms with van der Waals surface area (Å²) in [6.07, 6.45) is 3.22. The fourth-order valence-electron chi connectivity index (χ4n) is 2.80. The van der Waals surface area contributed by atoms with Crippen LogP contribution in [0.2, 0.25) is 5.02 Å². The van der Waals surface area contributed by atoms with Crippen molar-refractivity contribution in [1.82, 2.24) is 20.3 Å².